The summed E-state index contributed by atoms with van der Waals surface area (Å²) < 4.78 is 37.7. The number of hydrogen-bond acceptors (Lipinski definition) is 8. The fourth-order valence-corrected chi connectivity index (χ4v) is 4.00. The highest BCUT2D eigenvalue weighted by molar-refractivity contribution is 7.89. The van der Waals surface area contributed by atoms with E-state index in [1.54, 1.807) is 0 Å². The molecule has 0 radical (unpaired) electrons. The standard InChI is InChI=1S/C16H20ClN5O4S/c1-25-13-6-5-11(9-12(13)17)27(23,24)18-10-14-19-15(21-16(20-14)26-2)22-7-3-4-8-22/h5-6,9,18H,3-4,7-8,10H2,1-2H3. The van der Waals surface area contributed by atoms with Crippen LogP contribution in [0.2, 0.25) is 5.02 Å². The van der Waals surface area contributed by atoms with Gasteiger partial charge >= 0.3 is 6.01 Å². The molecule has 0 unspecified atom stereocenters. The van der Waals surface area contributed by atoms with Gasteiger partial charge in [0.2, 0.25) is 16.0 Å². The number of anilines is 1. The van der Waals surface area contributed by atoms with E-state index in [0.29, 0.717) is 11.7 Å². The minimum atomic E-state index is -3.80. The first kappa shape index (κ1) is 19.6. The van der Waals surface area contributed by atoms with Crippen LogP contribution in [0.15, 0.2) is 23.1 Å². The van der Waals surface area contributed by atoms with Crippen molar-refractivity contribution in [1.82, 2.24) is 19.7 Å². The Morgan fingerprint density at radius 1 is 1.15 bits per heavy atom. The van der Waals surface area contributed by atoms with Gasteiger partial charge in [-0.15, -0.1) is 0 Å². The number of benzene rings is 1. The Hall–Kier alpha value is -2.17. The zero-order chi connectivity index (χ0) is 19.4. The van der Waals surface area contributed by atoms with Crippen molar-refractivity contribution in [3.63, 3.8) is 0 Å². The van der Waals surface area contributed by atoms with Gasteiger partial charge in [-0.25, -0.2) is 13.1 Å². The van der Waals surface area contributed by atoms with E-state index in [1.807, 2.05) is 4.90 Å². The Morgan fingerprint density at radius 3 is 2.52 bits per heavy atom. The summed E-state index contributed by atoms with van der Waals surface area (Å²) in [5.74, 6) is 1.15. The van der Waals surface area contributed by atoms with Gasteiger partial charge in [0.25, 0.3) is 0 Å². The Labute approximate surface area is 162 Å². The quantitative estimate of drug-likeness (QED) is 0.729. The highest BCUT2D eigenvalue weighted by Crippen LogP contribution is 2.27. The van der Waals surface area contributed by atoms with Crippen LogP contribution >= 0.6 is 11.6 Å². The molecule has 0 bridgehead atoms. The molecule has 0 amide bonds. The average molecular weight is 414 g/mol. The summed E-state index contributed by atoms with van der Waals surface area (Å²) in [6.07, 6.45) is 2.13. The normalized spacial score (nSPS) is 14.4. The van der Waals surface area contributed by atoms with Gasteiger partial charge < -0.3 is 14.4 Å². The van der Waals surface area contributed by atoms with Gasteiger partial charge in [0.05, 0.1) is 30.7 Å². The fourth-order valence-electron chi connectivity index (χ4n) is 2.67. The maximum atomic E-state index is 12.5. The molecule has 0 aliphatic carbocycles. The van der Waals surface area contributed by atoms with Crippen molar-refractivity contribution < 1.29 is 17.9 Å². The number of methoxy groups -OCH3 is 2. The van der Waals surface area contributed by atoms with Gasteiger partial charge in [-0.2, -0.15) is 15.0 Å². The Bertz CT molecular complexity index is 919. The molecule has 1 N–H and O–H groups in total. The molecule has 9 nitrogen and oxygen atoms in total. The molecule has 1 saturated heterocycles. The molecule has 146 valence electrons. The monoisotopic (exact) mass is 413 g/mol. The van der Waals surface area contributed by atoms with E-state index in [9.17, 15) is 8.42 Å². The molecular weight excluding hydrogens is 394 g/mol. The van der Waals surface area contributed by atoms with Crippen LogP contribution in [0.5, 0.6) is 11.8 Å². The van der Waals surface area contributed by atoms with E-state index in [0.717, 1.165) is 25.9 Å². The van der Waals surface area contributed by atoms with Crippen LogP contribution in [0, 0.1) is 0 Å². The number of halogens is 1. The second-order valence-electron chi connectivity index (χ2n) is 5.85. The first-order valence-electron chi connectivity index (χ1n) is 8.30. The largest absolute Gasteiger partial charge is 0.495 e. The van der Waals surface area contributed by atoms with E-state index in [-0.39, 0.29) is 28.3 Å². The molecule has 1 aliphatic rings. The van der Waals surface area contributed by atoms with Gasteiger partial charge in [0.15, 0.2) is 5.82 Å². The van der Waals surface area contributed by atoms with Crippen LogP contribution in [0.1, 0.15) is 18.7 Å². The highest BCUT2D eigenvalue weighted by atomic mass is 35.5. The van der Waals surface area contributed by atoms with Crippen LogP contribution < -0.4 is 19.1 Å². The van der Waals surface area contributed by atoms with Crippen LogP contribution in [0.3, 0.4) is 0 Å². The number of rotatable bonds is 7. The molecule has 1 aromatic heterocycles. The molecule has 11 heteroatoms. The maximum absolute atomic E-state index is 12.5. The van der Waals surface area contributed by atoms with Crippen LogP contribution in [0.25, 0.3) is 0 Å². The number of nitrogens with one attached hydrogen (secondary N) is 1. The molecule has 1 aliphatic heterocycles. The second kappa shape index (κ2) is 8.24. The minimum Gasteiger partial charge on any atom is -0.495 e. The SMILES string of the molecule is COc1nc(CNS(=O)(=O)c2ccc(OC)c(Cl)c2)nc(N2CCCC2)n1. The Morgan fingerprint density at radius 2 is 1.89 bits per heavy atom. The van der Waals surface area contributed by atoms with Crippen molar-refractivity contribution in [2.45, 2.75) is 24.3 Å². The Balaban J connectivity index is 1.78. The molecular formula is C16H20ClN5O4S. The molecule has 2 aromatic rings. The molecule has 0 saturated carbocycles. The van der Waals surface area contributed by atoms with Crippen LogP contribution in [-0.2, 0) is 16.6 Å². The second-order valence-corrected chi connectivity index (χ2v) is 8.03. The minimum absolute atomic E-state index is 0.0223. The van der Waals surface area contributed by atoms with Crippen molar-refractivity contribution in [3.05, 3.63) is 29.0 Å². The lowest BCUT2D eigenvalue weighted by Gasteiger charge is -2.16. The lowest BCUT2D eigenvalue weighted by molar-refractivity contribution is 0.375. The first-order chi connectivity index (χ1) is 12.9. The molecule has 27 heavy (non-hydrogen) atoms. The number of hydrogen-bond donors (Lipinski definition) is 1. The summed E-state index contributed by atoms with van der Waals surface area (Å²) in [7, 11) is -0.889. The topological polar surface area (TPSA) is 107 Å². The molecule has 1 fully saturated rings. The summed E-state index contributed by atoms with van der Waals surface area (Å²) >= 11 is 6.01. The third-order valence-electron chi connectivity index (χ3n) is 4.07. The van der Waals surface area contributed by atoms with Crippen LogP contribution in [-0.4, -0.2) is 50.7 Å². The maximum Gasteiger partial charge on any atom is 0.321 e. The average Bonchev–Trinajstić information content (AvgIpc) is 3.21. The summed E-state index contributed by atoms with van der Waals surface area (Å²) in [5.41, 5.74) is 0. The number of nitrogens with zero attached hydrogens (tertiary/aromatic N) is 4. The molecule has 1 aromatic carbocycles. The van der Waals surface area contributed by atoms with Gasteiger partial charge in [0.1, 0.15) is 5.75 Å². The van der Waals surface area contributed by atoms with Gasteiger partial charge in [-0.05, 0) is 31.0 Å². The lowest BCUT2D eigenvalue weighted by atomic mass is 10.3. The van der Waals surface area contributed by atoms with Crippen molar-refractivity contribution in [2.75, 3.05) is 32.2 Å². The Kier molecular flexibility index (Phi) is 5.98. The third kappa shape index (κ3) is 4.57. The molecule has 2 heterocycles. The summed E-state index contributed by atoms with van der Waals surface area (Å²) in [6, 6.07) is 4.38. The van der Waals surface area contributed by atoms with E-state index in [1.165, 1.54) is 32.4 Å². The molecule has 0 atom stereocenters. The third-order valence-corrected chi connectivity index (χ3v) is 5.77. The van der Waals surface area contributed by atoms with Crippen LogP contribution in [0.4, 0.5) is 5.95 Å². The fraction of sp³-hybridized carbons (Fsp3) is 0.438. The van der Waals surface area contributed by atoms with Gasteiger partial charge in [-0.1, -0.05) is 11.6 Å². The molecule has 0 spiro atoms. The smallest absolute Gasteiger partial charge is 0.321 e. The highest BCUT2D eigenvalue weighted by Gasteiger charge is 2.20. The van der Waals surface area contributed by atoms with Crippen molar-refractivity contribution >= 4 is 27.6 Å². The number of ether oxygens (including phenoxy) is 2. The van der Waals surface area contributed by atoms with E-state index in [4.69, 9.17) is 21.1 Å². The summed E-state index contributed by atoms with van der Waals surface area (Å²) in [4.78, 5) is 14.8. The van der Waals surface area contributed by atoms with E-state index < -0.39 is 10.0 Å². The first-order valence-corrected chi connectivity index (χ1v) is 10.2. The van der Waals surface area contributed by atoms with Crippen molar-refractivity contribution in [2.24, 2.45) is 0 Å². The van der Waals surface area contributed by atoms with Gasteiger partial charge in [0, 0.05) is 13.1 Å². The molecule has 3 rings (SSSR count). The van der Waals surface area contributed by atoms with Crippen molar-refractivity contribution in [1.29, 1.82) is 0 Å². The van der Waals surface area contributed by atoms with E-state index in [2.05, 4.69) is 19.7 Å². The van der Waals surface area contributed by atoms with Crippen molar-refractivity contribution in [3.8, 4) is 11.8 Å². The summed E-state index contributed by atoms with van der Waals surface area (Å²) in [5, 5.41) is 0.207. The van der Waals surface area contributed by atoms with E-state index >= 15 is 0 Å². The predicted octanol–water partition coefficient (Wildman–Crippen LogP) is 1.62. The summed E-state index contributed by atoms with van der Waals surface area (Å²) in [6.45, 7) is 1.59. The lowest BCUT2D eigenvalue weighted by Crippen LogP contribution is -2.26. The number of sulfonamides is 1. The number of aromatic nitrogens is 3. The zero-order valence-corrected chi connectivity index (χ0v) is 16.5. The zero-order valence-electron chi connectivity index (χ0n) is 15.0. The van der Waals surface area contributed by atoms with Gasteiger partial charge in [-0.3, -0.25) is 0 Å². The predicted molar refractivity (Wildman–Crippen MR) is 99.9 cm³/mol.